The zero-order chi connectivity index (χ0) is 19.7. The standard InChI is InChI=1S/C23H20ClN3O/c1-23(2,3)28-19-14-16(12-13-25-19)21-18-11-7-10-17(15-8-5-4-6-9-15)20(18)22(24)27-26-21/h4-14H,1-3H3. The molecule has 0 bridgehead atoms. The van der Waals surface area contributed by atoms with Gasteiger partial charge in [-0.05, 0) is 38.0 Å². The fourth-order valence-electron chi connectivity index (χ4n) is 3.17. The highest BCUT2D eigenvalue weighted by molar-refractivity contribution is 6.35. The number of nitrogens with zero attached hydrogens (tertiary/aromatic N) is 3. The molecule has 2 aromatic carbocycles. The van der Waals surface area contributed by atoms with E-state index in [0.29, 0.717) is 11.0 Å². The third kappa shape index (κ3) is 3.69. The molecule has 0 fully saturated rings. The number of benzene rings is 2. The number of fused-ring (bicyclic) bond motifs is 1. The van der Waals surface area contributed by atoms with Crippen LogP contribution in [0.3, 0.4) is 0 Å². The third-order valence-electron chi connectivity index (χ3n) is 4.27. The molecule has 0 aliphatic rings. The molecule has 0 atom stereocenters. The third-order valence-corrected chi connectivity index (χ3v) is 4.53. The second-order valence-corrected chi connectivity index (χ2v) is 7.89. The van der Waals surface area contributed by atoms with Gasteiger partial charge in [0.05, 0.1) is 0 Å². The van der Waals surface area contributed by atoms with Crippen LogP contribution < -0.4 is 4.74 Å². The maximum atomic E-state index is 6.48. The predicted molar refractivity (Wildman–Crippen MR) is 114 cm³/mol. The van der Waals surface area contributed by atoms with Gasteiger partial charge in [0.25, 0.3) is 0 Å². The van der Waals surface area contributed by atoms with Crippen molar-refractivity contribution in [3.05, 3.63) is 72.0 Å². The molecule has 0 amide bonds. The van der Waals surface area contributed by atoms with Crippen LogP contribution in [0.4, 0.5) is 0 Å². The van der Waals surface area contributed by atoms with Gasteiger partial charge in [0, 0.05) is 28.6 Å². The molecule has 5 heteroatoms. The molecule has 2 heterocycles. The maximum absolute atomic E-state index is 6.48. The molecule has 4 rings (SSSR count). The Balaban J connectivity index is 1.91. The Labute approximate surface area is 169 Å². The summed E-state index contributed by atoms with van der Waals surface area (Å²) in [6.07, 6.45) is 1.72. The second kappa shape index (κ2) is 7.21. The first-order valence-corrected chi connectivity index (χ1v) is 9.46. The van der Waals surface area contributed by atoms with E-state index in [1.807, 2.05) is 63.2 Å². The van der Waals surface area contributed by atoms with Gasteiger partial charge in [-0.2, -0.15) is 0 Å². The van der Waals surface area contributed by atoms with Crippen LogP contribution in [-0.4, -0.2) is 20.8 Å². The van der Waals surface area contributed by atoms with Crippen molar-refractivity contribution in [1.29, 1.82) is 0 Å². The molecule has 0 aliphatic carbocycles. The van der Waals surface area contributed by atoms with E-state index in [1.165, 1.54) is 0 Å². The highest BCUT2D eigenvalue weighted by Gasteiger charge is 2.17. The molecule has 4 nitrogen and oxygen atoms in total. The Morgan fingerprint density at radius 1 is 0.857 bits per heavy atom. The Morgan fingerprint density at radius 2 is 1.64 bits per heavy atom. The minimum Gasteiger partial charge on any atom is -0.472 e. The molecule has 0 saturated heterocycles. The van der Waals surface area contributed by atoms with E-state index in [4.69, 9.17) is 16.3 Å². The fourth-order valence-corrected chi connectivity index (χ4v) is 3.41. The van der Waals surface area contributed by atoms with Crippen LogP contribution in [0.25, 0.3) is 33.2 Å². The lowest BCUT2D eigenvalue weighted by molar-refractivity contribution is 0.124. The van der Waals surface area contributed by atoms with E-state index in [9.17, 15) is 0 Å². The Hall–Kier alpha value is -2.98. The average molecular weight is 390 g/mol. The summed E-state index contributed by atoms with van der Waals surface area (Å²) in [5, 5.41) is 10.8. The summed E-state index contributed by atoms with van der Waals surface area (Å²) >= 11 is 6.48. The minimum atomic E-state index is -0.333. The highest BCUT2D eigenvalue weighted by atomic mass is 35.5. The van der Waals surface area contributed by atoms with Crippen molar-refractivity contribution in [2.75, 3.05) is 0 Å². The number of pyridine rings is 1. The van der Waals surface area contributed by atoms with Crippen LogP contribution in [0.15, 0.2) is 66.9 Å². The summed E-state index contributed by atoms with van der Waals surface area (Å²) in [4.78, 5) is 4.32. The van der Waals surface area contributed by atoms with Crippen LogP contribution in [0, 0.1) is 0 Å². The van der Waals surface area contributed by atoms with Crippen molar-refractivity contribution in [1.82, 2.24) is 15.2 Å². The molecule has 0 spiro atoms. The number of rotatable bonds is 3. The molecular formula is C23H20ClN3O. The van der Waals surface area contributed by atoms with Gasteiger partial charge in [-0.3, -0.25) is 0 Å². The highest BCUT2D eigenvalue weighted by Crippen LogP contribution is 2.37. The molecule has 28 heavy (non-hydrogen) atoms. The van der Waals surface area contributed by atoms with Gasteiger partial charge >= 0.3 is 0 Å². The van der Waals surface area contributed by atoms with E-state index < -0.39 is 0 Å². The van der Waals surface area contributed by atoms with Gasteiger partial charge in [-0.1, -0.05) is 60.1 Å². The smallest absolute Gasteiger partial charge is 0.214 e. The van der Waals surface area contributed by atoms with Gasteiger partial charge in [-0.15, -0.1) is 10.2 Å². The summed E-state index contributed by atoms with van der Waals surface area (Å²) in [7, 11) is 0. The molecule has 0 aliphatic heterocycles. The first kappa shape index (κ1) is 18.4. The Bertz CT molecular complexity index is 1140. The lowest BCUT2D eigenvalue weighted by Gasteiger charge is -2.20. The molecule has 0 saturated carbocycles. The van der Waals surface area contributed by atoms with Gasteiger partial charge in [0.1, 0.15) is 11.3 Å². The molecule has 140 valence electrons. The van der Waals surface area contributed by atoms with E-state index in [2.05, 4.69) is 33.4 Å². The van der Waals surface area contributed by atoms with E-state index in [1.54, 1.807) is 6.20 Å². The fraction of sp³-hybridized carbons (Fsp3) is 0.174. The van der Waals surface area contributed by atoms with Crippen LogP contribution >= 0.6 is 11.6 Å². The summed E-state index contributed by atoms with van der Waals surface area (Å²) in [5.41, 5.74) is 3.41. The molecule has 4 aromatic rings. The van der Waals surface area contributed by atoms with Gasteiger partial charge in [0.15, 0.2) is 5.15 Å². The SMILES string of the molecule is CC(C)(C)Oc1cc(-c2nnc(Cl)c3c(-c4ccccc4)cccc23)ccn1. The van der Waals surface area contributed by atoms with Crippen molar-refractivity contribution in [2.24, 2.45) is 0 Å². The number of hydrogen-bond donors (Lipinski definition) is 0. The summed E-state index contributed by atoms with van der Waals surface area (Å²) in [6, 6.07) is 20.0. The molecule has 0 N–H and O–H groups in total. The van der Waals surface area contributed by atoms with E-state index >= 15 is 0 Å². The van der Waals surface area contributed by atoms with E-state index in [-0.39, 0.29) is 5.60 Å². The van der Waals surface area contributed by atoms with Crippen LogP contribution in [0.5, 0.6) is 5.88 Å². The van der Waals surface area contributed by atoms with E-state index in [0.717, 1.165) is 33.2 Å². The monoisotopic (exact) mass is 389 g/mol. The van der Waals surface area contributed by atoms with Crippen molar-refractivity contribution in [2.45, 2.75) is 26.4 Å². The van der Waals surface area contributed by atoms with Crippen molar-refractivity contribution in [3.63, 3.8) is 0 Å². The van der Waals surface area contributed by atoms with Crippen molar-refractivity contribution >= 4 is 22.4 Å². The lowest BCUT2D eigenvalue weighted by Crippen LogP contribution is -2.23. The lowest BCUT2D eigenvalue weighted by atomic mass is 9.97. The van der Waals surface area contributed by atoms with Gasteiger partial charge in [-0.25, -0.2) is 4.98 Å². The van der Waals surface area contributed by atoms with Gasteiger partial charge in [0.2, 0.25) is 5.88 Å². The topological polar surface area (TPSA) is 47.9 Å². The zero-order valence-electron chi connectivity index (χ0n) is 16.0. The first-order chi connectivity index (χ1) is 13.4. The zero-order valence-corrected chi connectivity index (χ0v) is 16.7. The van der Waals surface area contributed by atoms with Crippen LogP contribution in [-0.2, 0) is 0 Å². The van der Waals surface area contributed by atoms with Crippen LogP contribution in [0.2, 0.25) is 5.15 Å². The quantitative estimate of drug-likeness (QED) is 0.419. The van der Waals surface area contributed by atoms with Crippen molar-refractivity contribution in [3.8, 4) is 28.3 Å². The predicted octanol–water partition coefficient (Wildman–Crippen LogP) is 6.19. The van der Waals surface area contributed by atoms with Crippen molar-refractivity contribution < 1.29 is 4.74 Å². The number of ether oxygens (including phenoxy) is 1. The number of halogens is 1. The molecular weight excluding hydrogens is 370 g/mol. The summed E-state index contributed by atoms with van der Waals surface area (Å²) < 4.78 is 5.91. The number of hydrogen-bond acceptors (Lipinski definition) is 4. The maximum Gasteiger partial charge on any atom is 0.214 e. The Kier molecular flexibility index (Phi) is 4.73. The average Bonchev–Trinajstić information content (AvgIpc) is 2.67. The molecule has 0 radical (unpaired) electrons. The molecule has 0 unspecified atom stereocenters. The summed E-state index contributed by atoms with van der Waals surface area (Å²) in [6.45, 7) is 5.97. The minimum absolute atomic E-state index is 0.333. The van der Waals surface area contributed by atoms with Gasteiger partial charge < -0.3 is 4.74 Å². The first-order valence-electron chi connectivity index (χ1n) is 9.08. The van der Waals surface area contributed by atoms with Crippen LogP contribution in [0.1, 0.15) is 20.8 Å². The summed E-state index contributed by atoms with van der Waals surface area (Å²) in [5.74, 6) is 0.550. The largest absolute Gasteiger partial charge is 0.472 e. The second-order valence-electron chi connectivity index (χ2n) is 7.53. The number of aromatic nitrogens is 3. The molecule has 2 aromatic heterocycles. The normalized spacial score (nSPS) is 11.6. The Morgan fingerprint density at radius 3 is 2.39 bits per heavy atom.